The normalized spacial score (nSPS) is 55.6. The van der Waals surface area contributed by atoms with Gasteiger partial charge in [-0.3, -0.25) is 4.79 Å². The van der Waals surface area contributed by atoms with Crippen molar-refractivity contribution in [2.75, 3.05) is 19.8 Å². The quantitative estimate of drug-likeness (QED) is 0.107. The van der Waals surface area contributed by atoms with Gasteiger partial charge in [0.2, 0.25) is 0 Å². The first-order chi connectivity index (χ1) is 33.7. The topological polar surface area (TPSA) is 313 Å². The molecule has 72 heavy (non-hydrogen) atoms. The highest BCUT2D eigenvalue weighted by molar-refractivity contribution is 5.76. The van der Waals surface area contributed by atoms with Crippen LogP contribution in [-0.4, -0.2) is 199 Å². The number of rotatable bonds is 10. The Hall–Kier alpha value is -1.51. The van der Waals surface area contributed by atoms with Gasteiger partial charge in [-0.25, -0.2) is 0 Å². The molecule has 0 aromatic rings. The summed E-state index contributed by atoms with van der Waals surface area (Å²) in [5.41, 5.74) is -0.784. The fourth-order valence-corrected chi connectivity index (χ4v) is 15.9. The highest BCUT2D eigenvalue weighted by Gasteiger charge is 2.70. The molecule has 9 rings (SSSR count). The van der Waals surface area contributed by atoms with Crippen molar-refractivity contribution in [1.29, 1.82) is 0 Å². The summed E-state index contributed by atoms with van der Waals surface area (Å²) < 4.78 is 48.9. The number of fused-ring (bicyclic) bond motifs is 7. The standard InChI is InChI=1S/C52H84O20/c1-23-32(56)36(60)38(62)42(67-23)70-41-37(61)33(57)24(2)68-45(41)72-40-35(59)28(55)21-66-44(40)71-39-34(58)27(54)20-65-43(39)69-31-12-13-48(5)29(49(31,6)22-53)11-14-51(8)30(48)10-9-25-26-19-47(3,4)15-17-52(26,46(63)64)18-16-50(25,51)7/h9,23-24,26-45,53-62H,10-22H2,1-8H3,(H,63,64). The molecule has 27 unspecified atom stereocenters. The van der Waals surface area contributed by atoms with Crippen LogP contribution in [0.1, 0.15) is 120 Å². The van der Waals surface area contributed by atoms with Crippen LogP contribution in [0.5, 0.6) is 0 Å². The van der Waals surface area contributed by atoms with E-state index in [1.54, 1.807) is 0 Å². The van der Waals surface area contributed by atoms with Gasteiger partial charge in [0, 0.05) is 5.41 Å². The van der Waals surface area contributed by atoms with E-state index < -0.39 is 140 Å². The van der Waals surface area contributed by atoms with Gasteiger partial charge in [0.1, 0.15) is 73.2 Å². The van der Waals surface area contributed by atoms with Gasteiger partial charge in [0.15, 0.2) is 25.2 Å². The molecule has 0 aromatic carbocycles. The average Bonchev–Trinajstić information content (AvgIpc) is 3.32. The summed E-state index contributed by atoms with van der Waals surface area (Å²) in [5, 5.41) is 121. The molecule has 8 fully saturated rings. The summed E-state index contributed by atoms with van der Waals surface area (Å²) in [7, 11) is 0. The predicted molar refractivity (Wildman–Crippen MR) is 250 cm³/mol. The van der Waals surface area contributed by atoms with E-state index in [0.29, 0.717) is 19.3 Å². The third kappa shape index (κ3) is 8.78. The molecule has 11 N–H and O–H groups in total. The van der Waals surface area contributed by atoms with Gasteiger partial charge in [-0.15, -0.1) is 0 Å². The monoisotopic (exact) mass is 1030 g/mol. The van der Waals surface area contributed by atoms with Crippen molar-refractivity contribution in [1.82, 2.24) is 0 Å². The molecule has 0 spiro atoms. The predicted octanol–water partition coefficient (Wildman–Crippen LogP) is 0.836. The zero-order valence-electron chi connectivity index (χ0n) is 43.1. The van der Waals surface area contributed by atoms with Crippen LogP contribution in [0.3, 0.4) is 0 Å². The number of hydrogen-bond acceptors (Lipinski definition) is 19. The van der Waals surface area contributed by atoms with Gasteiger partial charge in [0.05, 0.1) is 43.5 Å². The van der Waals surface area contributed by atoms with Gasteiger partial charge in [-0.05, 0) is 117 Å². The second kappa shape index (κ2) is 19.7. The Morgan fingerprint density at radius 2 is 1.15 bits per heavy atom. The van der Waals surface area contributed by atoms with Gasteiger partial charge in [-0.1, -0.05) is 53.2 Å². The Labute approximate surface area is 421 Å². The number of allylic oxidation sites excluding steroid dienone is 2. The molecule has 5 aliphatic carbocycles. The van der Waals surface area contributed by atoms with Crippen molar-refractivity contribution in [2.45, 2.75) is 236 Å². The van der Waals surface area contributed by atoms with E-state index in [2.05, 4.69) is 40.7 Å². The molecule has 412 valence electrons. The lowest BCUT2D eigenvalue weighted by molar-refractivity contribution is -0.397. The highest BCUT2D eigenvalue weighted by Crippen LogP contribution is 2.76. The Bertz CT molecular complexity index is 1990. The van der Waals surface area contributed by atoms with Gasteiger partial charge >= 0.3 is 5.97 Å². The van der Waals surface area contributed by atoms with Crippen LogP contribution in [-0.2, 0) is 42.7 Å². The lowest BCUT2D eigenvalue weighted by Gasteiger charge is -2.71. The first-order valence-corrected chi connectivity index (χ1v) is 26.5. The number of carboxylic acid groups (broad SMARTS) is 1. The van der Waals surface area contributed by atoms with Crippen LogP contribution in [0.2, 0.25) is 0 Å². The molecule has 4 saturated carbocycles. The van der Waals surface area contributed by atoms with Crippen molar-refractivity contribution in [2.24, 2.45) is 50.2 Å². The summed E-state index contributed by atoms with van der Waals surface area (Å²) in [6, 6.07) is 0. The maximum Gasteiger partial charge on any atom is 0.310 e. The Kier molecular flexibility index (Phi) is 15.2. The third-order valence-corrected chi connectivity index (χ3v) is 20.8. The molecule has 27 atom stereocenters. The second-order valence-corrected chi connectivity index (χ2v) is 25.2. The van der Waals surface area contributed by atoms with E-state index in [9.17, 15) is 61.0 Å². The molecule has 9 aliphatic rings. The zero-order valence-corrected chi connectivity index (χ0v) is 43.1. The Morgan fingerprint density at radius 3 is 1.76 bits per heavy atom. The highest BCUT2D eigenvalue weighted by atomic mass is 16.8. The molecule has 0 amide bonds. The van der Waals surface area contributed by atoms with E-state index in [4.69, 9.17) is 37.9 Å². The summed E-state index contributed by atoms with van der Waals surface area (Å²) in [4.78, 5) is 13.2. The van der Waals surface area contributed by atoms with Crippen molar-refractivity contribution in [3.8, 4) is 0 Å². The smallest absolute Gasteiger partial charge is 0.310 e. The van der Waals surface area contributed by atoms with Gasteiger partial charge in [0.25, 0.3) is 0 Å². The number of aliphatic hydroxyl groups excluding tert-OH is 10. The van der Waals surface area contributed by atoms with E-state index in [-0.39, 0.29) is 52.6 Å². The van der Waals surface area contributed by atoms with Crippen molar-refractivity contribution >= 4 is 5.97 Å². The summed E-state index contributed by atoms with van der Waals surface area (Å²) in [6.45, 7) is 15.6. The van der Waals surface area contributed by atoms with Crippen molar-refractivity contribution < 1.29 is 98.9 Å². The fourth-order valence-electron chi connectivity index (χ4n) is 15.9. The Morgan fingerprint density at radius 1 is 0.611 bits per heavy atom. The first-order valence-electron chi connectivity index (χ1n) is 26.5. The van der Waals surface area contributed by atoms with Crippen LogP contribution in [0.4, 0.5) is 0 Å². The number of aliphatic carboxylic acids is 1. The number of aliphatic hydroxyl groups is 10. The average molecular weight is 1030 g/mol. The molecule has 0 bridgehead atoms. The van der Waals surface area contributed by atoms with Crippen molar-refractivity contribution in [3.05, 3.63) is 11.6 Å². The number of carboxylic acids is 1. The minimum Gasteiger partial charge on any atom is -0.481 e. The molecule has 4 saturated heterocycles. The maximum absolute atomic E-state index is 13.2. The van der Waals surface area contributed by atoms with E-state index >= 15 is 0 Å². The zero-order chi connectivity index (χ0) is 52.4. The minimum atomic E-state index is -1.81. The molecule has 0 radical (unpaired) electrons. The number of ether oxygens (including phenoxy) is 8. The summed E-state index contributed by atoms with van der Waals surface area (Å²) in [5.74, 6) is -0.481. The van der Waals surface area contributed by atoms with Gasteiger partial charge in [-0.2, -0.15) is 0 Å². The molecule has 0 aromatic heterocycles. The molecule has 4 aliphatic heterocycles. The molecule has 4 heterocycles. The fraction of sp³-hybridized carbons (Fsp3) is 0.942. The number of hydrogen-bond donors (Lipinski definition) is 11. The molecule has 20 heteroatoms. The summed E-state index contributed by atoms with van der Waals surface area (Å²) >= 11 is 0. The van der Waals surface area contributed by atoms with E-state index in [0.717, 1.165) is 44.9 Å². The largest absolute Gasteiger partial charge is 0.481 e. The number of carbonyl (C=O) groups is 1. The molecular formula is C52H84O20. The third-order valence-electron chi connectivity index (χ3n) is 20.8. The first kappa shape index (κ1) is 55.3. The van der Waals surface area contributed by atoms with E-state index in [1.807, 2.05) is 6.92 Å². The molecular weight excluding hydrogens is 945 g/mol. The lowest BCUT2D eigenvalue weighted by Crippen LogP contribution is -2.67. The second-order valence-electron chi connectivity index (χ2n) is 25.2. The minimum absolute atomic E-state index is 0.0196. The van der Waals surface area contributed by atoms with Crippen LogP contribution >= 0.6 is 0 Å². The summed E-state index contributed by atoms with van der Waals surface area (Å²) in [6.07, 6.45) is -18.6. The van der Waals surface area contributed by atoms with Crippen molar-refractivity contribution in [3.63, 3.8) is 0 Å². The Balaban J connectivity index is 0.947. The van der Waals surface area contributed by atoms with E-state index in [1.165, 1.54) is 19.4 Å². The SMILES string of the molecule is CC1OC(OC2C(OC3C(OC4C(OC5CCC6(C)C(CCC7(C)C6CC=C6C8CC(C)(C)CCC8(C(=O)O)CCC67C)C5(C)CO)OCC(O)C4O)OCC(O)C3O)OC(C)C(O)C2O)C(O)C(O)C1O. The van der Waals surface area contributed by atoms with Crippen LogP contribution in [0.25, 0.3) is 0 Å². The maximum atomic E-state index is 13.2. The van der Waals surface area contributed by atoms with Crippen LogP contribution in [0, 0.1) is 50.2 Å². The van der Waals surface area contributed by atoms with Gasteiger partial charge < -0.3 is 94.1 Å². The van der Waals surface area contributed by atoms with Crippen LogP contribution < -0.4 is 0 Å². The molecule has 20 nitrogen and oxygen atoms in total. The lowest BCUT2D eigenvalue weighted by atomic mass is 9.33. The van der Waals surface area contributed by atoms with Crippen LogP contribution in [0.15, 0.2) is 11.6 Å².